The van der Waals surface area contributed by atoms with E-state index < -0.39 is 0 Å². The predicted octanol–water partition coefficient (Wildman–Crippen LogP) is 1.42. The number of carbonyl (C=O) groups excluding carboxylic acids is 1. The number of aliphatic hydroxyl groups excluding tert-OH is 1. The second-order valence-electron chi connectivity index (χ2n) is 4.64. The number of carbonyl (C=O) groups is 1. The Morgan fingerprint density at radius 3 is 2.80 bits per heavy atom. The number of unbranched alkanes of at least 4 members (excludes halogenated alkanes) is 2. The molecule has 0 aliphatic heterocycles. The summed E-state index contributed by atoms with van der Waals surface area (Å²) in [5.41, 5.74) is 0.0180. The quantitative estimate of drug-likeness (QED) is 0.697. The van der Waals surface area contributed by atoms with E-state index >= 15 is 0 Å². The molecule has 0 aliphatic rings. The average Bonchev–Trinajstić information content (AvgIpc) is 2.47. The largest absolute Gasteiger partial charge is 0.396 e. The van der Waals surface area contributed by atoms with Gasteiger partial charge in [0.05, 0.1) is 0 Å². The highest BCUT2D eigenvalue weighted by Gasteiger charge is 2.08. The number of hydrogen-bond acceptors (Lipinski definition) is 3. The van der Waals surface area contributed by atoms with Crippen molar-refractivity contribution in [3.05, 3.63) is 46.4 Å². The molecule has 1 aromatic carbocycles. The summed E-state index contributed by atoms with van der Waals surface area (Å²) in [6, 6.07) is 8.84. The van der Waals surface area contributed by atoms with Crippen LogP contribution in [0.4, 0.5) is 0 Å². The normalized spacial score (nSPS) is 10.7. The Hall–Kier alpha value is -2.14. The summed E-state index contributed by atoms with van der Waals surface area (Å²) in [4.78, 5) is 26.4. The standard InChI is InChI=1S/C15H18N2O3/c18-9-5-1-4-8-16-15(20)13-10-11-6-2-3-7-12(11)14(19)17-13/h2-3,6-7,10,18H,1,4-5,8-9H2,(H,16,20)(H,17,19). The summed E-state index contributed by atoms with van der Waals surface area (Å²) in [6.07, 6.45) is 2.41. The Labute approximate surface area is 116 Å². The smallest absolute Gasteiger partial charge is 0.267 e. The number of pyridine rings is 1. The minimum absolute atomic E-state index is 0.173. The van der Waals surface area contributed by atoms with Crippen LogP contribution >= 0.6 is 0 Å². The van der Waals surface area contributed by atoms with Gasteiger partial charge in [0.1, 0.15) is 5.69 Å². The van der Waals surface area contributed by atoms with Crippen LogP contribution in [0, 0.1) is 0 Å². The fourth-order valence-corrected chi connectivity index (χ4v) is 2.04. The minimum atomic E-state index is -0.281. The zero-order chi connectivity index (χ0) is 14.4. The van der Waals surface area contributed by atoms with Gasteiger partial charge in [-0.3, -0.25) is 9.59 Å². The third-order valence-electron chi connectivity index (χ3n) is 3.12. The maximum absolute atomic E-state index is 11.9. The van der Waals surface area contributed by atoms with Gasteiger partial charge in [-0.15, -0.1) is 0 Å². The molecule has 0 atom stereocenters. The van der Waals surface area contributed by atoms with E-state index in [1.165, 1.54) is 0 Å². The second-order valence-corrected chi connectivity index (χ2v) is 4.64. The van der Waals surface area contributed by atoms with Gasteiger partial charge >= 0.3 is 0 Å². The summed E-state index contributed by atoms with van der Waals surface area (Å²) in [5.74, 6) is -0.281. The van der Waals surface area contributed by atoms with E-state index in [1.807, 2.05) is 12.1 Å². The Morgan fingerprint density at radius 1 is 1.20 bits per heavy atom. The molecule has 2 aromatic rings. The van der Waals surface area contributed by atoms with Gasteiger partial charge in [0, 0.05) is 18.5 Å². The molecule has 1 amide bonds. The van der Waals surface area contributed by atoms with Crippen molar-refractivity contribution in [3.8, 4) is 0 Å². The van der Waals surface area contributed by atoms with E-state index in [9.17, 15) is 9.59 Å². The van der Waals surface area contributed by atoms with Gasteiger partial charge in [0.25, 0.3) is 11.5 Å². The lowest BCUT2D eigenvalue weighted by Gasteiger charge is -2.06. The summed E-state index contributed by atoms with van der Waals surface area (Å²) >= 11 is 0. The fourth-order valence-electron chi connectivity index (χ4n) is 2.04. The van der Waals surface area contributed by atoms with Crippen molar-refractivity contribution in [3.63, 3.8) is 0 Å². The van der Waals surface area contributed by atoms with Crippen molar-refractivity contribution < 1.29 is 9.90 Å². The summed E-state index contributed by atoms with van der Waals surface area (Å²) in [5, 5.41) is 12.7. The first-order valence-electron chi connectivity index (χ1n) is 6.73. The molecule has 0 aliphatic carbocycles. The molecule has 106 valence electrons. The number of H-pyrrole nitrogens is 1. The predicted molar refractivity (Wildman–Crippen MR) is 77.8 cm³/mol. The number of amides is 1. The van der Waals surface area contributed by atoms with E-state index in [0.717, 1.165) is 24.6 Å². The van der Waals surface area contributed by atoms with Crippen LogP contribution in [-0.2, 0) is 0 Å². The number of hydrogen-bond donors (Lipinski definition) is 3. The lowest BCUT2D eigenvalue weighted by molar-refractivity contribution is 0.0948. The number of rotatable bonds is 6. The zero-order valence-electron chi connectivity index (χ0n) is 11.2. The average molecular weight is 274 g/mol. The molecule has 3 N–H and O–H groups in total. The van der Waals surface area contributed by atoms with Crippen molar-refractivity contribution in [2.24, 2.45) is 0 Å². The lowest BCUT2D eigenvalue weighted by atomic mass is 10.1. The first-order valence-corrected chi connectivity index (χ1v) is 6.73. The van der Waals surface area contributed by atoms with E-state index in [2.05, 4.69) is 10.3 Å². The van der Waals surface area contributed by atoms with E-state index in [1.54, 1.807) is 18.2 Å². The number of nitrogens with one attached hydrogen (secondary N) is 2. The van der Waals surface area contributed by atoms with Crippen LogP contribution in [0.25, 0.3) is 10.8 Å². The van der Waals surface area contributed by atoms with Crippen LogP contribution in [0.3, 0.4) is 0 Å². The van der Waals surface area contributed by atoms with Gasteiger partial charge in [-0.05, 0) is 36.8 Å². The molecule has 0 spiro atoms. The third kappa shape index (κ3) is 3.45. The SMILES string of the molecule is O=C(NCCCCCO)c1cc2ccccc2c(=O)[nH]1. The molecule has 5 heteroatoms. The molecule has 0 radical (unpaired) electrons. The number of aromatic nitrogens is 1. The van der Waals surface area contributed by atoms with Gasteiger partial charge < -0.3 is 15.4 Å². The number of benzene rings is 1. The Balaban J connectivity index is 2.05. The van der Waals surface area contributed by atoms with Gasteiger partial charge in [-0.25, -0.2) is 0 Å². The number of fused-ring (bicyclic) bond motifs is 1. The van der Waals surface area contributed by atoms with Crippen molar-refractivity contribution in [2.45, 2.75) is 19.3 Å². The maximum atomic E-state index is 11.9. The van der Waals surface area contributed by atoms with Crippen LogP contribution in [0.15, 0.2) is 35.1 Å². The zero-order valence-corrected chi connectivity index (χ0v) is 11.2. The molecular weight excluding hydrogens is 256 g/mol. The molecule has 2 rings (SSSR count). The van der Waals surface area contributed by atoms with Crippen molar-refractivity contribution in [1.29, 1.82) is 0 Å². The first-order chi connectivity index (χ1) is 9.72. The van der Waals surface area contributed by atoms with Gasteiger partial charge in [-0.2, -0.15) is 0 Å². The van der Waals surface area contributed by atoms with Gasteiger partial charge in [-0.1, -0.05) is 18.2 Å². The van der Waals surface area contributed by atoms with Crippen LogP contribution in [0.1, 0.15) is 29.8 Å². The minimum Gasteiger partial charge on any atom is -0.396 e. The Bertz CT molecular complexity index is 649. The number of aromatic amines is 1. The molecular formula is C15H18N2O3. The fraction of sp³-hybridized carbons (Fsp3) is 0.333. The molecule has 20 heavy (non-hydrogen) atoms. The van der Waals surface area contributed by atoms with Crippen LogP contribution < -0.4 is 10.9 Å². The molecule has 1 aromatic heterocycles. The van der Waals surface area contributed by atoms with E-state index in [4.69, 9.17) is 5.11 Å². The van der Waals surface area contributed by atoms with Crippen molar-refractivity contribution in [1.82, 2.24) is 10.3 Å². The summed E-state index contributed by atoms with van der Waals surface area (Å²) in [7, 11) is 0. The van der Waals surface area contributed by atoms with Crippen molar-refractivity contribution >= 4 is 16.7 Å². The maximum Gasteiger partial charge on any atom is 0.267 e. The second kappa shape index (κ2) is 6.86. The first kappa shape index (κ1) is 14.3. The molecule has 0 unspecified atom stereocenters. The molecule has 5 nitrogen and oxygen atoms in total. The highest BCUT2D eigenvalue weighted by molar-refractivity contribution is 5.96. The highest BCUT2D eigenvalue weighted by atomic mass is 16.3. The molecule has 0 saturated heterocycles. The third-order valence-corrected chi connectivity index (χ3v) is 3.12. The molecule has 1 heterocycles. The van der Waals surface area contributed by atoms with Gasteiger partial charge in [0.2, 0.25) is 0 Å². The highest BCUT2D eigenvalue weighted by Crippen LogP contribution is 2.09. The van der Waals surface area contributed by atoms with Crippen molar-refractivity contribution in [2.75, 3.05) is 13.2 Å². The van der Waals surface area contributed by atoms with E-state index in [0.29, 0.717) is 11.9 Å². The monoisotopic (exact) mass is 274 g/mol. The Morgan fingerprint density at radius 2 is 2.00 bits per heavy atom. The molecule has 0 saturated carbocycles. The topological polar surface area (TPSA) is 82.2 Å². The summed E-state index contributed by atoms with van der Waals surface area (Å²) in [6.45, 7) is 0.708. The molecule has 0 fully saturated rings. The lowest BCUT2D eigenvalue weighted by Crippen LogP contribution is -2.27. The van der Waals surface area contributed by atoms with Crippen LogP contribution in [-0.4, -0.2) is 29.1 Å². The van der Waals surface area contributed by atoms with Gasteiger partial charge in [0.15, 0.2) is 0 Å². The van der Waals surface area contributed by atoms with E-state index in [-0.39, 0.29) is 23.8 Å². The van der Waals surface area contributed by atoms with Crippen LogP contribution in [0.2, 0.25) is 0 Å². The Kier molecular flexibility index (Phi) is 4.90. The molecule has 0 bridgehead atoms. The van der Waals surface area contributed by atoms with Crippen LogP contribution in [0.5, 0.6) is 0 Å². The summed E-state index contributed by atoms with van der Waals surface area (Å²) < 4.78 is 0. The number of aliphatic hydroxyl groups is 1.